The molecule has 9 nitrogen and oxygen atoms in total. The van der Waals surface area contributed by atoms with Gasteiger partial charge < -0.3 is 15.8 Å². The maximum atomic E-state index is 14.7. The number of aromatic nitrogens is 3. The van der Waals surface area contributed by atoms with Crippen molar-refractivity contribution >= 4 is 17.4 Å². The van der Waals surface area contributed by atoms with Gasteiger partial charge in [0.25, 0.3) is 11.5 Å². The largest absolute Gasteiger partial charge is 0.454 e. The average molecular weight is 512 g/mol. The third kappa shape index (κ3) is 6.07. The second kappa shape index (κ2) is 12.3. The predicted molar refractivity (Wildman–Crippen MR) is 142 cm³/mol. The van der Waals surface area contributed by atoms with E-state index in [1.54, 1.807) is 19.9 Å². The average Bonchev–Trinajstić information content (AvgIpc) is 2.90. The molecule has 10 heteroatoms. The van der Waals surface area contributed by atoms with Crippen molar-refractivity contribution in [3.05, 3.63) is 74.4 Å². The number of aryl methyl sites for hydroxylation is 1. The van der Waals surface area contributed by atoms with Crippen LogP contribution in [0.3, 0.4) is 0 Å². The molecular formula is C27H34FN5O4. The Labute approximate surface area is 215 Å². The third-order valence-corrected chi connectivity index (χ3v) is 6.31. The molecule has 1 aliphatic rings. The van der Waals surface area contributed by atoms with Gasteiger partial charge in [-0.2, -0.15) is 0 Å². The number of nitrogens with two attached hydrogens (primary N) is 1. The lowest BCUT2D eigenvalue weighted by Crippen LogP contribution is -2.45. The van der Waals surface area contributed by atoms with E-state index in [1.165, 1.54) is 33.7 Å². The first-order valence-electron chi connectivity index (χ1n) is 12.7. The zero-order valence-corrected chi connectivity index (χ0v) is 21.7. The fraction of sp³-hybridized carbons (Fsp3) is 0.407. The van der Waals surface area contributed by atoms with Gasteiger partial charge in [-0.05, 0) is 44.9 Å². The quantitative estimate of drug-likeness (QED) is 0.479. The Morgan fingerprint density at radius 1 is 1.16 bits per heavy atom. The topological polar surface area (TPSA) is 121 Å². The van der Waals surface area contributed by atoms with Crippen molar-refractivity contribution in [2.45, 2.75) is 72.4 Å². The van der Waals surface area contributed by atoms with Crippen molar-refractivity contribution in [1.29, 1.82) is 0 Å². The second-order valence-electron chi connectivity index (χ2n) is 8.60. The molecule has 0 unspecified atom stereocenters. The maximum absolute atomic E-state index is 14.7. The minimum Gasteiger partial charge on any atom is -0.454 e. The molecule has 0 aliphatic heterocycles. The van der Waals surface area contributed by atoms with Crippen LogP contribution in [0.15, 0.2) is 46.2 Å². The highest BCUT2D eigenvalue weighted by molar-refractivity contribution is 6.03. The Bertz CT molecular complexity index is 1380. The molecule has 4 rings (SSSR count). The lowest BCUT2D eigenvalue weighted by Gasteiger charge is -2.24. The summed E-state index contributed by atoms with van der Waals surface area (Å²) in [5, 5.41) is 2.56. The molecule has 1 saturated carbocycles. The number of hydrogen-bond acceptors (Lipinski definition) is 6. The Hall–Kier alpha value is -3.95. The van der Waals surface area contributed by atoms with Gasteiger partial charge in [-0.3, -0.25) is 18.7 Å². The Morgan fingerprint density at radius 2 is 1.86 bits per heavy atom. The fourth-order valence-corrected chi connectivity index (χ4v) is 4.29. The van der Waals surface area contributed by atoms with Crippen LogP contribution in [0, 0.1) is 12.7 Å². The first-order valence-corrected chi connectivity index (χ1v) is 12.7. The summed E-state index contributed by atoms with van der Waals surface area (Å²) in [6.45, 7) is 7.79. The standard InChI is InChI=1S/C25H28FN5O4.C2H6/c1-3-30-14-18(24(33)31(25(30)34)17-7-5-4-6-8-17)23(32)29-16-9-10-21(19(26)13-16)35-20-11-12-28-22(27)15(20)2;1-2/h9-14,17H,3-8H2,1-2H3,(H2,27,28)(H,29,32);1-2H3. The second-order valence-corrected chi connectivity index (χ2v) is 8.60. The molecule has 1 fully saturated rings. The molecular weight excluding hydrogens is 477 g/mol. The molecule has 0 atom stereocenters. The molecule has 0 spiro atoms. The van der Waals surface area contributed by atoms with Gasteiger partial charge in [0.1, 0.15) is 17.1 Å². The number of nitrogens with one attached hydrogen (secondary N) is 1. The van der Waals surface area contributed by atoms with Crippen LogP contribution < -0.4 is 27.0 Å². The van der Waals surface area contributed by atoms with Crippen LogP contribution in [0.5, 0.6) is 11.5 Å². The van der Waals surface area contributed by atoms with Crippen LogP contribution in [0.25, 0.3) is 0 Å². The van der Waals surface area contributed by atoms with Gasteiger partial charge in [-0.1, -0.05) is 33.1 Å². The monoisotopic (exact) mass is 511 g/mol. The summed E-state index contributed by atoms with van der Waals surface area (Å²) in [7, 11) is 0. The minimum atomic E-state index is -0.715. The normalized spacial score (nSPS) is 13.4. The van der Waals surface area contributed by atoms with Crippen LogP contribution in [0.1, 0.15) is 74.8 Å². The highest BCUT2D eigenvalue weighted by atomic mass is 19.1. The van der Waals surface area contributed by atoms with E-state index in [0.29, 0.717) is 17.9 Å². The third-order valence-electron chi connectivity index (χ3n) is 6.31. The van der Waals surface area contributed by atoms with E-state index in [2.05, 4.69) is 10.3 Å². The number of nitrogens with zero attached hydrogens (tertiary/aromatic N) is 3. The van der Waals surface area contributed by atoms with Crippen molar-refractivity contribution in [2.24, 2.45) is 0 Å². The van der Waals surface area contributed by atoms with E-state index in [1.807, 2.05) is 13.8 Å². The molecule has 37 heavy (non-hydrogen) atoms. The van der Waals surface area contributed by atoms with Crippen molar-refractivity contribution < 1.29 is 13.9 Å². The first-order chi connectivity index (χ1) is 17.8. The predicted octanol–water partition coefficient (Wildman–Crippen LogP) is 5.03. The van der Waals surface area contributed by atoms with E-state index < -0.39 is 23.0 Å². The Morgan fingerprint density at radius 3 is 2.51 bits per heavy atom. The first kappa shape index (κ1) is 27.6. The highest BCUT2D eigenvalue weighted by Gasteiger charge is 2.24. The van der Waals surface area contributed by atoms with Gasteiger partial charge in [0.05, 0.1) is 0 Å². The van der Waals surface area contributed by atoms with E-state index >= 15 is 0 Å². The van der Waals surface area contributed by atoms with Gasteiger partial charge in [0.15, 0.2) is 11.6 Å². The number of carbonyl (C=O) groups is 1. The highest BCUT2D eigenvalue weighted by Crippen LogP contribution is 2.30. The lowest BCUT2D eigenvalue weighted by atomic mass is 9.95. The van der Waals surface area contributed by atoms with Gasteiger partial charge >= 0.3 is 5.69 Å². The number of carbonyl (C=O) groups excluding carboxylic acids is 1. The molecule has 0 saturated heterocycles. The van der Waals surface area contributed by atoms with E-state index in [-0.39, 0.29) is 28.9 Å². The van der Waals surface area contributed by atoms with Crippen molar-refractivity contribution in [3.63, 3.8) is 0 Å². The number of benzene rings is 1. The summed E-state index contributed by atoms with van der Waals surface area (Å²) in [5.74, 6) is -0.850. The zero-order chi connectivity index (χ0) is 27.1. The zero-order valence-electron chi connectivity index (χ0n) is 21.7. The molecule has 2 heterocycles. The van der Waals surface area contributed by atoms with Crippen molar-refractivity contribution in [2.75, 3.05) is 11.1 Å². The summed E-state index contributed by atoms with van der Waals surface area (Å²) < 4.78 is 22.9. The Kier molecular flexibility index (Phi) is 9.21. The van der Waals surface area contributed by atoms with Crippen LogP contribution in [0.2, 0.25) is 0 Å². The van der Waals surface area contributed by atoms with Gasteiger partial charge in [-0.15, -0.1) is 0 Å². The number of amides is 1. The number of halogens is 1. The molecule has 1 aromatic carbocycles. The molecule has 198 valence electrons. The summed E-state index contributed by atoms with van der Waals surface area (Å²) in [6.07, 6.45) is 7.09. The minimum absolute atomic E-state index is 0.0594. The van der Waals surface area contributed by atoms with Gasteiger partial charge in [0.2, 0.25) is 0 Å². The van der Waals surface area contributed by atoms with Gasteiger partial charge in [-0.25, -0.2) is 14.2 Å². The molecule has 0 radical (unpaired) electrons. The number of nitrogen functional groups attached to an aromatic ring is 1. The summed E-state index contributed by atoms with van der Waals surface area (Å²) in [4.78, 5) is 43.0. The number of anilines is 2. The maximum Gasteiger partial charge on any atom is 0.331 e. The van der Waals surface area contributed by atoms with E-state index in [9.17, 15) is 18.8 Å². The van der Waals surface area contributed by atoms with Crippen LogP contribution >= 0.6 is 0 Å². The molecule has 1 amide bonds. The number of pyridine rings is 1. The molecule has 0 bridgehead atoms. The number of rotatable bonds is 6. The van der Waals surface area contributed by atoms with Crippen LogP contribution in [-0.4, -0.2) is 20.0 Å². The SMILES string of the molecule is CC.CCn1cc(C(=O)Nc2ccc(Oc3ccnc(N)c3C)c(F)c2)c(=O)n(C2CCCCC2)c1=O. The molecule has 3 N–H and O–H groups in total. The van der Waals surface area contributed by atoms with Crippen LogP contribution in [0.4, 0.5) is 15.9 Å². The van der Waals surface area contributed by atoms with E-state index in [0.717, 1.165) is 38.2 Å². The molecule has 1 aliphatic carbocycles. The lowest BCUT2D eigenvalue weighted by molar-refractivity contribution is 0.102. The Balaban J connectivity index is 0.00000186. The van der Waals surface area contributed by atoms with Crippen LogP contribution in [-0.2, 0) is 6.54 Å². The molecule has 3 aromatic rings. The van der Waals surface area contributed by atoms with Gasteiger partial charge in [0, 0.05) is 42.3 Å². The number of ether oxygens (including phenoxy) is 1. The molecule has 2 aromatic heterocycles. The summed E-state index contributed by atoms with van der Waals surface area (Å²) in [5.41, 5.74) is 5.27. The van der Waals surface area contributed by atoms with Crippen molar-refractivity contribution in [3.8, 4) is 11.5 Å². The van der Waals surface area contributed by atoms with Crippen molar-refractivity contribution in [1.82, 2.24) is 14.1 Å². The fourth-order valence-electron chi connectivity index (χ4n) is 4.29. The summed E-state index contributed by atoms with van der Waals surface area (Å²) >= 11 is 0. The number of hydrogen-bond donors (Lipinski definition) is 2. The summed E-state index contributed by atoms with van der Waals surface area (Å²) in [6, 6.07) is 5.28. The smallest absolute Gasteiger partial charge is 0.331 e. The van der Waals surface area contributed by atoms with E-state index in [4.69, 9.17) is 10.5 Å².